The molecular formula is C18H18N2O3. The Hall–Kier alpha value is -2.56. The lowest BCUT2D eigenvalue weighted by atomic mass is 10.1. The van der Waals surface area contributed by atoms with E-state index < -0.39 is 0 Å². The van der Waals surface area contributed by atoms with Crippen LogP contribution >= 0.6 is 0 Å². The number of amides is 1. The van der Waals surface area contributed by atoms with E-state index in [1.54, 1.807) is 18.3 Å². The van der Waals surface area contributed by atoms with Gasteiger partial charge in [0, 0.05) is 23.7 Å². The van der Waals surface area contributed by atoms with Crippen molar-refractivity contribution in [1.82, 2.24) is 4.98 Å². The molecule has 5 heteroatoms. The highest BCUT2D eigenvalue weighted by Crippen LogP contribution is 2.50. The normalized spacial score (nSPS) is 22.2. The first kappa shape index (κ1) is 14.1. The molecule has 1 aliphatic heterocycles. The van der Waals surface area contributed by atoms with E-state index in [0.717, 1.165) is 17.5 Å². The Bertz CT molecular complexity index is 788. The molecule has 0 unspecified atom stereocenters. The third-order valence-corrected chi connectivity index (χ3v) is 4.61. The molecule has 1 amide bonds. The summed E-state index contributed by atoms with van der Waals surface area (Å²) in [7, 11) is 0. The summed E-state index contributed by atoms with van der Waals surface area (Å²) in [6, 6.07) is 7.17. The van der Waals surface area contributed by atoms with Gasteiger partial charge in [0.25, 0.3) is 0 Å². The molecule has 23 heavy (non-hydrogen) atoms. The van der Waals surface area contributed by atoms with Crippen molar-refractivity contribution in [3.63, 3.8) is 0 Å². The van der Waals surface area contributed by atoms with Crippen LogP contribution in [0, 0.1) is 5.92 Å². The van der Waals surface area contributed by atoms with Crippen LogP contribution in [0.1, 0.15) is 36.8 Å². The Morgan fingerprint density at radius 1 is 1.30 bits per heavy atom. The predicted octanol–water partition coefficient (Wildman–Crippen LogP) is 3.59. The predicted molar refractivity (Wildman–Crippen MR) is 85.9 cm³/mol. The van der Waals surface area contributed by atoms with Crippen LogP contribution in [-0.4, -0.2) is 16.0 Å². The van der Waals surface area contributed by atoms with E-state index in [1.807, 2.05) is 12.1 Å². The molecule has 1 aromatic carbocycles. The Morgan fingerprint density at radius 3 is 2.91 bits per heavy atom. The monoisotopic (exact) mass is 310 g/mol. The van der Waals surface area contributed by atoms with E-state index in [2.05, 4.69) is 17.2 Å². The van der Waals surface area contributed by atoms with E-state index in [0.29, 0.717) is 47.7 Å². The molecule has 2 aromatic rings. The van der Waals surface area contributed by atoms with Crippen LogP contribution < -0.4 is 10.1 Å². The maximum Gasteiger partial charge on any atom is 0.225 e. The van der Waals surface area contributed by atoms with Gasteiger partial charge in [0.15, 0.2) is 0 Å². The highest BCUT2D eigenvalue weighted by Gasteiger charge is 2.36. The maximum atomic E-state index is 11.5. The minimum Gasteiger partial charge on any atom is -0.508 e. The maximum absolute atomic E-state index is 11.5. The average molecular weight is 310 g/mol. The first-order chi connectivity index (χ1) is 11.1. The molecule has 0 radical (unpaired) electrons. The number of phenols is 1. The number of rotatable bonds is 3. The zero-order chi connectivity index (χ0) is 16.0. The fraction of sp³-hybridized carbons (Fsp3) is 0.333. The van der Waals surface area contributed by atoms with Crippen molar-refractivity contribution in [3.8, 4) is 17.2 Å². The van der Waals surface area contributed by atoms with Gasteiger partial charge in [-0.15, -0.1) is 0 Å². The first-order valence-corrected chi connectivity index (χ1v) is 7.90. The lowest BCUT2D eigenvalue weighted by molar-refractivity contribution is -0.116. The molecule has 5 nitrogen and oxygen atoms in total. The molecule has 4 rings (SSSR count). The van der Waals surface area contributed by atoms with Crippen LogP contribution in [0.2, 0.25) is 0 Å². The number of ether oxygens (including phenoxy) is 1. The van der Waals surface area contributed by atoms with Gasteiger partial charge in [-0.3, -0.25) is 4.79 Å². The van der Waals surface area contributed by atoms with E-state index in [9.17, 15) is 9.90 Å². The van der Waals surface area contributed by atoms with E-state index in [1.165, 1.54) is 0 Å². The number of benzene rings is 1. The quantitative estimate of drug-likeness (QED) is 0.909. The van der Waals surface area contributed by atoms with Crippen molar-refractivity contribution in [3.05, 3.63) is 41.6 Å². The minimum absolute atomic E-state index is 0.0169. The van der Waals surface area contributed by atoms with Crippen LogP contribution in [0.15, 0.2) is 30.5 Å². The second-order valence-electron chi connectivity index (χ2n) is 6.33. The zero-order valence-corrected chi connectivity index (χ0v) is 12.9. The van der Waals surface area contributed by atoms with Gasteiger partial charge in [0.1, 0.15) is 23.1 Å². The molecule has 2 N–H and O–H groups in total. The van der Waals surface area contributed by atoms with Crippen LogP contribution in [0.3, 0.4) is 0 Å². The van der Waals surface area contributed by atoms with Crippen LogP contribution in [0.4, 0.5) is 5.82 Å². The summed E-state index contributed by atoms with van der Waals surface area (Å²) in [6.07, 6.45) is 3.79. The Labute approximate surface area is 134 Å². The van der Waals surface area contributed by atoms with Gasteiger partial charge >= 0.3 is 0 Å². The number of phenolic OH excluding ortho intramolecular Hbond substituents is 1. The zero-order valence-electron chi connectivity index (χ0n) is 12.9. The van der Waals surface area contributed by atoms with Crippen LogP contribution in [0.5, 0.6) is 17.2 Å². The highest BCUT2D eigenvalue weighted by molar-refractivity contribution is 5.93. The van der Waals surface area contributed by atoms with Crippen molar-refractivity contribution in [2.45, 2.75) is 32.1 Å². The van der Waals surface area contributed by atoms with E-state index >= 15 is 0 Å². The molecule has 1 aliphatic carbocycles. The first-order valence-electron chi connectivity index (χ1n) is 7.90. The molecule has 0 bridgehead atoms. The standard InChI is InChI=1S/C18H18N2O3/c1-10-8-13(10)14-9-11(2-4-15(14)21)23-16-6-7-19-18-12(16)3-5-17(22)20-18/h2,4,6-7,9-10,13,21H,3,5,8H2,1H3,(H,19,20,22)/t10-,13+/m1/s1. The van der Waals surface area contributed by atoms with Gasteiger partial charge in [0.05, 0.1) is 0 Å². The number of hydrogen-bond acceptors (Lipinski definition) is 4. The summed E-state index contributed by atoms with van der Waals surface area (Å²) >= 11 is 0. The summed E-state index contributed by atoms with van der Waals surface area (Å²) < 4.78 is 6.02. The number of nitrogens with zero attached hydrogens (tertiary/aromatic N) is 1. The molecule has 0 spiro atoms. The summed E-state index contributed by atoms with van der Waals surface area (Å²) in [5, 5.41) is 12.8. The van der Waals surface area contributed by atoms with Crippen molar-refractivity contribution < 1.29 is 14.6 Å². The largest absolute Gasteiger partial charge is 0.508 e. The molecule has 2 atom stereocenters. The number of pyridine rings is 1. The number of nitrogens with one attached hydrogen (secondary N) is 1. The molecule has 0 saturated heterocycles. The van der Waals surface area contributed by atoms with Crippen molar-refractivity contribution in [2.24, 2.45) is 5.92 Å². The second-order valence-corrected chi connectivity index (χ2v) is 6.33. The minimum atomic E-state index is -0.0169. The van der Waals surface area contributed by atoms with Crippen molar-refractivity contribution in [1.29, 1.82) is 0 Å². The summed E-state index contributed by atoms with van der Waals surface area (Å²) in [5.74, 6) is 3.32. The third kappa shape index (κ3) is 2.63. The number of aromatic nitrogens is 1. The molecule has 118 valence electrons. The number of hydrogen-bond donors (Lipinski definition) is 2. The Balaban J connectivity index is 1.64. The topological polar surface area (TPSA) is 71.5 Å². The summed E-state index contributed by atoms with van der Waals surface area (Å²) in [5.41, 5.74) is 1.87. The molecule has 2 aliphatic rings. The highest BCUT2D eigenvalue weighted by atomic mass is 16.5. The molecular weight excluding hydrogens is 292 g/mol. The number of aromatic hydroxyl groups is 1. The van der Waals surface area contributed by atoms with Gasteiger partial charge in [-0.05, 0) is 48.9 Å². The molecule has 1 aromatic heterocycles. The van der Waals surface area contributed by atoms with Gasteiger partial charge in [-0.1, -0.05) is 6.92 Å². The number of anilines is 1. The van der Waals surface area contributed by atoms with Gasteiger partial charge in [-0.2, -0.15) is 0 Å². The number of fused-ring (bicyclic) bond motifs is 1. The third-order valence-electron chi connectivity index (χ3n) is 4.61. The van der Waals surface area contributed by atoms with E-state index in [-0.39, 0.29) is 5.91 Å². The average Bonchev–Trinajstić information content (AvgIpc) is 3.26. The fourth-order valence-corrected chi connectivity index (χ4v) is 3.13. The fourth-order valence-electron chi connectivity index (χ4n) is 3.13. The summed E-state index contributed by atoms with van der Waals surface area (Å²) in [4.78, 5) is 15.7. The van der Waals surface area contributed by atoms with Crippen molar-refractivity contribution in [2.75, 3.05) is 5.32 Å². The Morgan fingerprint density at radius 2 is 2.13 bits per heavy atom. The van der Waals surface area contributed by atoms with Crippen LogP contribution in [-0.2, 0) is 11.2 Å². The number of carbonyl (C=O) groups is 1. The molecule has 2 heterocycles. The smallest absolute Gasteiger partial charge is 0.225 e. The van der Waals surface area contributed by atoms with Crippen LogP contribution in [0.25, 0.3) is 0 Å². The number of carbonyl (C=O) groups excluding carboxylic acids is 1. The Kier molecular flexibility index (Phi) is 3.22. The summed E-state index contributed by atoms with van der Waals surface area (Å²) in [6.45, 7) is 2.18. The SMILES string of the molecule is C[C@@H]1C[C@@H]1c1cc(Oc2ccnc3c2CCC(=O)N3)ccc1O. The second kappa shape index (κ2) is 5.26. The molecule has 1 fully saturated rings. The van der Waals surface area contributed by atoms with Gasteiger partial charge in [0.2, 0.25) is 5.91 Å². The molecule has 1 saturated carbocycles. The van der Waals surface area contributed by atoms with Crippen molar-refractivity contribution >= 4 is 11.7 Å². The lowest BCUT2D eigenvalue weighted by Gasteiger charge is -2.19. The van der Waals surface area contributed by atoms with E-state index in [4.69, 9.17) is 4.74 Å². The van der Waals surface area contributed by atoms with Gasteiger partial charge < -0.3 is 15.2 Å². The van der Waals surface area contributed by atoms with Gasteiger partial charge in [-0.25, -0.2) is 4.98 Å². The lowest BCUT2D eigenvalue weighted by Crippen LogP contribution is -2.20.